The van der Waals surface area contributed by atoms with Crippen LogP contribution in [0.25, 0.3) is 0 Å². The maximum atomic E-state index is 11.4. The summed E-state index contributed by atoms with van der Waals surface area (Å²) in [6.07, 6.45) is 2.19. The Morgan fingerprint density at radius 1 is 1.33 bits per heavy atom. The van der Waals surface area contributed by atoms with E-state index in [0.717, 1.165) is 0 Å². The molecule has 1 rings (SSSR count). The molecule has 0 aliphatic rings. The van der Waals surface area contributed by atoms with Gasteiger partial charge in [-0.15, -0.1) is 0 Å². The second kappa shape index (κ2) is 8.30. The van der Waals surface area contributed by atoms with Crippen LogP contribution in [-0.2, 0) is 20.9 Å². The van der Waals surface area contributed by atoms with Crippen molar-refractivity contribution in [2.45, 2.75) is 19.9 Å². The second-order valence-corrected chi connectivity index (χ2v) is 3.57. The Balaban J connectivity index is 2.11. The third-order valence-corrected chi connectivity index (χ3v) is 2.16. The lowest BCUT2D eigenvalue weighted by atomic mass is 10.4. The van der Waals surface area contributed by atoms with Gasteiger partial charge < -0.3 is 19.8 Å². The highest BCUT2D eigenvalue weighted by atomic mass is 16.5. The predicted molar refractivity (Wildman–Crippen MR) is 64.7 cm³/mol. The molecule has 0 saturated carbocycles. The van der Waals surface area contributed by atoms with E-state index in [0.29, 0.717) is 31.9 Å². The van der Waals surface area contributed by atoms with Gasteiger partial charge in [0, 0.05) is 19.8 Å². The molecular formula is C12H18N2O4. The van der Waals surface area contributed by atoms with E-state index in [-0.39, 0.29) is 6.54 Å². The minimum absolute atomic E-state index is 0.207. The Hall–Kier alpha value is -1.82. The standard InChI is InChI=1S/C12H18N2O4/c1-2-17-7-4-6-13-11(15)12(16)14-9-10-5-3-8-18-10/h3,5,8H,2,4,6-7,9H2,1H3,(H,13,15)(H,14,16). The van der Waals surface area contributed by atoms with Gasteiger partial charge in [-0.3, -0.25) is 9.59 Å². The number of nitrogens with one attached hydrogen (secondary N) is 2. The molecule has 2 amide bonds. The van der Waals surface area contributed by atoms with Gasteiger partial charge in [-0.1, -0.05) is 0 Å². The first-order chi connectivity index (χ1) is 8.74. The first-order valence-electron chi connectivity index (χ1n) is 5.90. The smallest absolute Gasteiger partial charge is 0.309 e. The largest absolute Gasteiger partial charge is 0.467 e. The SMILES string of the molecule is CCOCCCNC(=O)C(=O)NCc1ccco1. The highest BCUT2D eigenvalue weighted by Gasteiger charge is 2.12. The number of hydrogen-bond acceptors (Lipinski definition) is 4. The van der Waals surface area contributed by atoms with E-state index in [1.165, 1.54) is 6.26 Å². The highest BCUT2D eigenvalue weighted by molar-refractivity contribution is 6.35. The first-order valence-corrected chi connectivity index (χ1v) is 5.90. The van der Waals surface area contributed by atoms with Crippen molar-refractivity contribution in [3.63, 3.8) is 0 Å². The van der Waals surface area contributed by atoms with Gasteiger partial charge in [0.05, 0.1) is 12.8 Å². The molecule has 2 N–H and O–H groups in total. The van der Waals surface area contributed by atoms with Crippen molar-refractivity contribution < 1.29 is 18.7 Å². The van der Waals surface area contributed by atoms with Crippen LogP contribution in [0.5, 0.6) is 0 Å². The van der Waals surface area contributed by atoms with Crippen molar-refractivity contribution in [3.05, 3.63) is 24.2 Å². The van der Waals surface area contributed by atoms with E-state index < -0.39 is 11.8 Å². The molecule has 6 heteroatoms. The quantitative estimate of drug-likeness (QED) is 0.546. The molecule has 0 spiro atoms. The van der Waals surface area contributed by atoms with Crippen LogP contribution in [0, 0.1) is 0 Å². The predicted octanol–water partition coefficient (Wildman–Crippen LogP) is 0.439. The van der Waals surface area contributed by atoms with E-state index >= 15 is 0 Å². The molecule has 0 atom stereocenters. The maximum absolute atomic E-state index is 11.4. The van der Waals surface area contributed by atoms with Crippen molar-refractivity contribution in [1.82, 2.24) is 10.6 Å². The molecule has 0 fully saturated rings. The molecule has 0 bridgehead atoms. The number of hydrogen-bond donors (Lipinski definition) is 2. The number of carbonyl (C=O) groups is 2. The van der Waals surface area contributed by atoms with Crippen LogP contribution in [0.2, 0.25) is 0 Å². The number of ether oxygens (including phenoxy) is 1. The number of carbonyl (C=O) groups excluding carboxylic acids is 2. The molecule has 0 radical (unpaired) electrons. The van der Waals surface area contributed by atoms with Gasteiger partial charge in [-0.2, -0.15) is 0 Å². The lowest BCUT2D eigenvalue weighted by molar-refractivity contribution is -0.139. The Bertz CT molecular complexity index is 362. The van der Waals surface area contributed by atoms with Crippen molar-refractivity contribution in [3.8, 4) is 0 Å². The summed E-state index contributed by atoms with van der Waals surface area (Å²) >= 11 is 0. The second-order valence-electron chi connectivity index (χ2n) is 3.57. The molecule has 6 nitrogen and oxygen atoms in total. The third-order valence-electron chi connectivity index (χ3n) is 2.16. The third kappa shape index (κ3) is 5.49. The van der Waals surface area contributed by atoms with Crippen molar-refractivity contribution in [2.24, 2.45) is 0 Å². The fraction of sp³-hybridized carbons (Fsp3) is 0.500. The number of amides is 2. The molecule has 100 valence electrons. The van der Waals surface area contributed by atoms with E-state index in [1.807, 2.05) is 6.92 Å². The van der Waals surface area contributed by atoms with Gasteiger partial charge in [0.1, 0.15) is 5.76 Å². The summed E-state index contributed by atoms with van der Waals surface area (Å²) in [5.74, 6) is -0.701. The van der Waals surface area contributed by atoms with Gasteiger partial charge in [-0.25, -0.2) is 0 Å². The Morgan fingerprint density at radius 2 is 2.11 bits per heavy atom. The van der Waals surface area contributed by atoms with Crippen molar-refractivity contribution in [2.75, 3.05) is 19.8 Å². The lowest BCUT2D eigenvalue weighted by Gasteiger charge is -2.05. The van der Waals surface area contributed by atoms with Gasteiger partial charge in [0.15, 0.2) is 0 Å². The minimum atomic E-state index is -0.664. The molecule has 18 heavy (non-hydrogen) atoms. The molecule has 0 unspecified atom stereocenters. The summed E-state index contributed by atoms with van der Waals surface area (Å²) in [7, 11) is 0. The monoisotopic (exact) mass is 254 g/mol. The Kier molecular flexibility index (Phi) is 6.56. The summed E-state index contributed by atoms with van der Waals surface area (Å²) in [6, 6.07) is 3.44. The Morgan fingerprint density at radius 3 is 2.78 bits per heavy atom. The molecule has 0 aliphatic heterocycles. The molecule has 0 aromatic carbocycles. The van der Waals surface area contributed by atoms with Gasteiger partial charge in [-0.05, 0) is 25.5 Å². The summed E-state index contributed by atoms with van der Waals surface area (Å²) in [5, 5.41) is 4.97. The molecule has 1 aromatic rings. The van der Waals surface area contributed by atoms with Crippen LogP contribution in [0.1, 0.15) is 19.1 Å². The molecule has 1 heterocycles. The topological polar surface area (TPSA) is 80.6 Å². The van der Waals surface area contributed by atoms with Crippen LogP contribution < -0.4 is 10.6 Å². The van der Waals surface area contributed by atoms with Gasteiger partial charge >= 0.3 is 11.8 Å². The van der Waals surface area contributed by atoms with Crippen molar-refractivity contribution >= 4 is 11.8 Å². The minimum Gasteiger partial charge on any atom is -0.467 e. The summed E-state index contributed by atoms with van der Waals surface area (Å²) in [6.45, 7) is 3.76. The fourth-order valence-corrected chi connectivity index (χ4v) is 1.26. The van der Waals surface area contributed by atoms with Crippen LogP contribution in [0.15, 0.2) is 22.8 Å². The normalized spacial score (nSPS) is 10.1. The number of rotatable bonds is 7. The zero-order valence-electron chi connectivity index (χ0n) is 10.4. The van der Waals surface area contributed by atoms with Crippen LogP contribution >= 0.6 is 0 Å². The fourth-order valence-electron chi connectivity index (χ4n) is 1.26. The molecular weight excluding hydrogens is 236 g/mol. The summed E-state index contributed by atoms with van der Waals surface area (Å²) < 4.78 is 10.1. The average Bonchev–Trinajstić information content (AvgIpc) is 2.88. The zero-order valence-corrected chi connectivity index (χ0v) is 10.4. The highest BCUT2D eigenvalue weighted by Crippen LogP contribution is 1.98. The van der Waals surface area contributed by atoms with Crippen molar-refractivity contribution in [1.29, 1.82) is 0 Å². The Labute approximate surface area is 106 Å². The summed E-state index contributed by atoms with van der Waals surface area (Å²) in [5.41, 5.74) is 0. The van der Waals surface area contributed by atoms with Gasteiger partial charge in [0.2, 0.25) is 0 Å². The average molecular weight is 254 g/mol. The lowest BCUT2D eigenvalue weighted by Crippen LogP contribution is -2.40. The first kappa shape index (κ1) is 14.2. The molecule has 0 aliphatic carbocycles. The van der Waals surface area contributed by atoms with E-state index in [4.69, 9.17) is 9.15 Å². The van der Waals surface area contributed by atoms with Crippen LogP contribution in [0.3, 0.4) is 0 Å². The molecule has 0 saturated heterocycles. The van der Waals surface area contributed by atoms with E-state index in [9.17, 15) is 9.59 Å². The van der Waals surface area contributed by atoms with Gasteiger partial charge in [0.25, 0.3) is 0 Å². The van der Waals surface area contributed by atoms with Crippen LogP contribution in [-0.4, -0.2) is 31.6 Å². The summed E-state index contributed by atoms with van der Waals surface area (Å²) in [4.78, 5) is 22.7. The number of furan rings is 1. The molecule has 1 aromatic heterocycles. The maximum Gasteiger partial charge on any atom is 0.309 e. The van der Waals surface area contributed by atoms with Crippen LogP contribution in [0.4, 0.5) is 0 Å². The van der Waals surface area contributed by atoms with E-state index in [2.05, 4.69) is 10.6 Å². The van der Waals surface area contributed by atoms with E-state index in [1.54, 1.807) is 12.1 Å². The zero-order chi connectivity index (χ0) is 13.2.